The summed E-state index contributed by atoms with van der Waals surface area (Å²) < 4.78 is 0. The Balaban J connectivity index is 1.43. The second-order valence-corrected chi connectivity index (χ2v) is 12.0. The molecule has 0 saturated heterocycles. The molecule has 0 amide bonds. The third kappa shape index (κ3) is 4.06. The van der Waals surface area contributed by atoms with E-state index in [1.807, 2.05) is 0 Å². The fourth-order valence-electron chi connectivity index (χ4n) is 7.89. The summed E-state index contributed by atoms with van der Waals surface area (Å²) in [7, 11) is 0. The molecule has 0 radical (unpaired) electrons. The Morgan fingerprint density at radius 2 is 1.05 bits per heavy atom. The van der Waals surface area contributed by atoms with Crippen molar-refractivity contribution >= 4 is 32.7 Å². The number of benzene rings is 5. The molecule has 4 atom stereocenters. The number of hydrogen-bond donors (Lipinski definition) is 0. The molecule has 0 saturated carbocycles. The Kier molecular flexibility index (Phi) is 6.50. The van der Waals surface area contributed by atoms with Gasteiger partial charge in [0.15, 0.2) is 0 Å². The van der Waals surface area contributed by atoms with E-state index in [2.05, 4.69) is 171 Å². The molecule has 0 aromatic heterocycles. The molecule has 5 aromatic carbocycles. The van der Waals surface area contributed by atoms with Crippen LogP contribution < -0.4 is 10.4 Å². The molecule has 0 heterocycles. The van der Waals surface area contributed by atoms with Gasteiger partial charge in [0.25, 0.3) is 0 Å². The highest BCUT2D eigenvalue weighted by molar-refractivity contribution is 6.08. The van der Waals surface area contributed by atoms with E-state index in [0.717, 1.165) is 0 Å². The van der Waals surface area contributed by atoms with Gasteiger partial charge < -0.3 is 0 Å². The van der Waals surface area contributed by atoms with Crippen LogP contribution in [0.5, 0.6) is 0 Å². The summed E-state index contributed by atoms with van der Waals surface area (Å²) in [5, 5.41) is 7.65. The van der Waals surface area contributed by atoms with Crippen molar-refractivity contribution in [2.24, 2.45) is 23.7 Å². The lowest BCUT2D eigenvalue weighted by Crippen LogP contribution is -2.41. The van der Waals surface area contributed by atoms with E-state index in [4.69, 9.17) is 0 Å². The molecule has 3 aliphatic rings. The van der Waals surface area contributed by atoms with Crippen LogP contribution in [-0.2, 0) is 0 Å². The van der Waals surface area contributed by atoms with Crippen LogP contribution in [0, 0.1) is 23.7 Å². The van der Waals surface area contributed by atoms with Gasteiger partial charge in [-0.2, -0.15) is 0 Å². The Bertz CT molecular complexity index is 2230. The first-order valence-electron chi connectivity index (χ1n) is 15.6. The van der Waals surface area contributed by atoms with Crippen molar-refractivity contribution < 1.29 is 0 Å². The minimum atomic E-state index is 0.0811. The monoisotopic (exact) mass is 562 g/mol. The lowest BCUT2D eigenvalue weighted by Gasteiger charge is -2.37. The largest absolute Gasteiger partial charge is 0.102 e. The van der Waals surface area contributed by atoms with Gasteiger partial charge in [-0.3, -0.25) is 0 Å². The van der Waals surface area contributed by atoms with Crippen molar-refractivity contribution in [3.63, 3.8) is 0 Å². The molecular weight excluding hydrogens is 528 g/mol. The fraction of sp³-hybridized carbons (Fsp3) is 0.0909. The number of allylic oxidation sites excluding steroid dienone is 10. The van der Waals surface area contributed by atoms with Gasteiger partial charge in [0.05, 0.1) is 0 Å². The number of hydrogen-bond acceptors (Lipinski definition) is 0. The minimum Gasteiger partial charge on any atom is -0.102 e. The quantitative estimate of drug-likeness (QED) is 0.187. The SMILES string of the molecule is C=CC1C(C2=CC=CC3C=CC=CC23)=c2ccccc2=C(c2ccc(-c3cccc4ccccc34)c3ccccc23)C1C=C. The molecule has 0 spiro atoms. The van der Waals surface area contributed by atoms with Crippen LogP contribution in [0.4, 0.5) is 0 Å². The van der Waals surface area contributed by atoms with E-state index >= 15 is 0 Å². The first-order valence-corrected chi connectivity index (χ1v) is 15.6. The first-order chi connectivity index (χ1) is 21.8. The van der Waals surface area contributed by atoms with Gasteiger partial charge in [-0.25, -0.2) is 0 Å². The Labute approximate surface area is 259 Å². The number of fused-ring (bicyclic) bond motifs is 4. The van der Waals surface area contributed by atoms with Crippen molar-refractivity contribution in [1.29, 1.82) is 0 Å². The zero-order chi connectivity index (χ0) is 29.6. The topological polar surface area (TPSA) is 0 Å². The summed E-state index contributed by atoms with van der Waals surface area (Å²) in [5.74, 6) is 0.885. The predicted molar refractivity (Wildman–Crippen MR) is 188 cm³/mol. The van der Waals surface area contributed by atoms with Crippen LogP contribution in [0.3, 0.4) is 0 Å². The van der Waals surface area contributed by atoms with Gasteiger partial charge in [0, 0.05) is 23.7 Å². The third-order valence-electron chi connectivity index (χ3n) is 9.82. The fourth-order valence-corrected chi connectivity index (χ4v) is 7.89. The average Bonchev–Trinajstić information content (AvgIpc) is 3.09. The van der Waals surface area contributed by atoms with E-state index in [1.165, 1.54) is 65.4 Å². The van der Waals surface area contributed by atoms with Gasteiger partial charge in [-0.15, -0.1) is 13.2 Å². The lowest BCUT2D eigenvalue weighted by atomic mass is 9.66. The van der Waals surface area contributed by atoms with Crippen LogP contribution in [0.25, 0.3) is 43.8 Å². The van der Waals surface area contributed by atoms with Gasteiger partial charge in [-0.1, -0.05) is 158 Å². The Hall–Kier alpha value is -5.20. The summed E-state index contributed by atoms with van der Waals surface area (Å²) in [6, 6.07) is 37.8. The maximum atomic E-state index is 4.43. The normalized spacial score (nSPS) is 22.0. The van der Waals surface area contributed by atoms with Crippen LogP contribution in [0.2, 0.25) is 0 Å². The molecule has 0 bridgehead atoms. The molecule has 0 fully saturated rings. The van der Waals surface area contributed by atoms with Gasteiger partial charge in [0.1, 0.15) is 0 Å². The molecule has 5 aromatic rings. The zero-order valence-electron chi connectivity index (χ0n) is 24.7. The molecule has 0 heteroatoms. The van der Waals surface area contributed by atoms with Crippen LogP contribution >= 0.6 is 0 Å². The second kappa shape index (κ2) is 10.8. The highest BCUT2D eigenvalue weighted by Crippen LogP contribution is 2.46. The molecular formula is C44H34. The summed E-state index contributed by atoms with van der Waals surface area (Å²) in [6.07, 6.45) is 20.2. The van der Waals surface area contributed by atoms with E-state index in [-0.39, 0.29) is 11.8 Å². The van der Waals surface area contributed by atoms with E-state index in [0.29, 0.717) is 11.8 Å². The Morgan fingerprint density at radius 3 is 1.84 bits per heavy atom. The maximum Gasteiger partial charge on any atom is 0.0131 e. The van der Waals surface area contributed by atoms with E-state index in [9.17, 15) is 0 Å². The minimum absolute atomic E-state index is 0.0811. The van der Waals surface area contributed by atoms with Gasteiger partial charge in [-0.05, 0) is 65.4 Å². The molecule has 4 unspecified atom stereocenters. The molecule has 210 valence electrons. The summed E-state index contributed by atoms with van der Waals surface area (Å²) >= 11 is 0. The molecule has 0 aliphatic heterocycles. The maximum absolute atomic E-state index is 4.43. The third-order valence-corrected chi connectivity index (χ3v) is 9.82. The van der Waals surface area contributed by atoms with Crippen LogP contribution in [0.1, 0.15) is 5.56 Å². The first kappa shape index (κ1) is 26.4. The molecule has 44 heavy (non-hydrogen) atoms. The molecule has 3 aliphatic carbocycles. The summed E-state index contributed by atoms with van der Waals surface area (Å²) in [4.78, 5) is 0. The highest BCUT2D eigenvalue weighted by atomic mass is 14.4. The molecule has 0 N–H and O–H groups in total. The predicted octanol–water partition coefficient (Wildman–Crippen LogP) is 9.48. The van der Waals surface area contributed by atoms with Crippen molar-refractivity contribution in [2.45, 2.75) is 0 Å². The van der Waals surface area contributed by atoms with E-state index < -0.39 is 0 Å². The van der Waals surface area contributed by atoms with Gasteiger partial charge in [0.2, 0.25) is 0 Å². The van der Waals surface area contributed by atoms with Crippen molar-refractivity contribution in [1.82, 2.24) is 0 Å². The summed E-state index contributed by atoms with van der Waals surface area (Å²) in [5.41, 5.74) is 7.88. The highest BCUT2D eigenvalue weighted by Gasteiger charge is 2.35. The Morgan fingerprint density at radius 1 is 0.477 bits per heavy atom. The van der Waals surface area contributed by atoms with Crippen LogP contribution in [-0.4, -0.2) is 0 Å². The smallest absolute Gasteiger partial charge is 0.0131 e. The van der Waals surface area contributed by atoms with Crippen molar-refractivity contribution in [3.05, 3.63) is 193 Å². The zero-order valence-corrected chi connectivity index (χ0v) is 24.7. The standard InChI is InChI=1S/C44H34/c1-3-31-32(4-2)44(41-24-12-11-23-40(41)43(31)39-26-14-18-30-16-6-8-20-34(30)39)42-28-27-38(36-21-9-10-22-37(36)42)35-25-13-17-29-15-5-7-19-33(29)35/h3-28,30-32,34H,1-2H2. The van der Waals surface area contributed by atoms with Gasteiger partial charge >= 0.3 is 0 Å². The number of rotatable bonds is 5. The van der Waals surface area contributed by atoms with Crippen LogP contribution in [0.15, 0.2) is 177 Å². The van der Waals surface area contributed by atoms with Crippen molar-refractivity contribution in [2.75, 3.05) is 0 Å². The molecule has 0 nitrogen and oxygen atoms in total. The second-order valence-electron chi connectivity index (χ2n) is 12.0. The molecule has 8 rings (SSSR count). The van der Waals surface area contributed by atoms with E-state index in [1.54, 1.807) is 0 Å². The summed E-state index contributed by atoms with van der Waals surface area (Å²) in [6.45, 7) is 8.85. The average molecular weight is 563 g/mol. The van der Waals surface area contributed by atoms with Crippen molar-refractivity contribution in [3.8, 4) is 11.1 Å². The lowest BCUT2D eigenvalue weighted by molar-refractivity contribution is 0.614.